The van der Waals surface area contributed by atoms with Crippen LogP contribution in [0.3, 0.4) is 0 Å². The van der Waals surface area contributed by atoms with Crippen LogP contribution in [-0.4, -0.2) is 37.7 Å². The lowest BCUT2D eigenvalue weighted by atomic mass is 10.0. The third-order valence-electron chi connectivity index (χ3n) is 3.65. The summed E-state index contributed by atoms with van der Waals surface area (Å²) in [5.74, 6) is 0. The van der Waals surface area contributed by atoms with Gasteiger partial charge in [-0.2, -0.15) is 0 Å². The quantitative estimate of drug-likeness (QED) is 0.882. The van der Waals surface area contributed by atoms with Gasteiger partial charge < -0.3 is 15.0 Å². The Kier molecular flexibility index (Phi) is 5.23. The number of benzene rings is 1. The highest BCUT2D eigenvalue weighted by atomic mass is 16.5. The van der Waals surface area contributed by atoms with Gasteiger partial charge in [-0.1, -0.05) is 19.1 Å². The third kappa shape index (κ3) is 4.51. The summed E-state index contributed by atoms with van der Waals surface area (Å²) >= 11 is 0. The van der Waals surface area contributed by atoms with Crippen LogP contribution in [0.2, 0.25) is 0 Å². The molecule has 1 fully saturated rings. The number of nitrogens with zero attached hydrogens (tertiary/aromatic N) is 1. The van der Waals surface area contributed by atoms with Gasteiger partial charge in [0, 0.05) is 24.9 Å². The van der Waals surface area contributed by atoms with Crippen molar-refractivity contribution in [3.63, 3.8) is 0 Å². The molecule has 3 nitrogen and oxygen atoms in total. The van der Waals surface area contributed by atoms with Gasteiger partial charge in [0.25, 0.3) is 0 Å². The average molecular weight is 262 g/mol. The van der Waals surface area contributed by atoms with Gasteiger partial charge in [0.2, 0.25) is 0 Å². The van der Waals surface area contributed by atoms with Gasteiger partial charge in [-0.25, -0.2) is 0 Å². The molecule has 0 aliphatic carbocycles. The van der Waals surface area contributed by atoms with Crippen LogP contribution in [0.15, 0.2) is 24.3 Å². The summed E-state index contributed by atoms with van der Waals surface area (Å²) in [4.78, 5) is 2.19. The van der Waals surface area contributed by atoms with Gasteiger partial charge in [-0.05, 0) is 51.1 Å². The third-order valence-corrected chi connectivity index (χ3v) is 3.65. The highest BCUT2D eigenvalue weighted by Gasteiger charge is 2.20. The molecule has 19 heavy (non-hydrogen) atoms. The topological polar surface area (TPSA) is 24.5 Å². The van der Waals surface area contributed by atoms with E-state index in [1.807, 2.05) is 0 Å². The number of nitrogens with one attached hydrogen (secondary N) is 1. The summed E-state index contributed by atoms with van der Waals surface area (Å²) in [6.07, 6.45) is 3.77. The van der Waals surface area contributed by atoms with Crippen molar-refractivity contribution in [2.24, 2.45) is 0 Å². The van der Waals surface area contributed by atoms with Gasteiger partial charge in [0.1, 0.15) is 0 Å². The van der Waals surface area contributed by atoms with E-state index in [4.69, 9.17) is 4.74 Å². The SMILES string of the molecule is CCC1CC(Nc2ccc(CN(C)C)cc2)CCO1. The Bertz CT molecular complexity index is 375. The summed E-state index contributed by atoms with van der Waals surface area (Å²) in [7, 11) is 4.19. The minimum absolute atomic E-state index is 0.430. The lowest BCUT2D eigenvalue weighted by Crippen LogP contribution is -2.33. The van der Waals surface area contributed by atoms with Gasteiger partial charge in [0.05, 0.1) is 6.10 Å². The highest BCUT2D eigenvalue weighted by molar-refractivity contribution is 5.45. The first kappa shape index (κ1) is 14.4. The Morgan fingerprint density at radius 1 is 1.26 bits per heavy atom. The molecule has 1 heterocycles. The Morgan fingerprint density at radius 3 is 2.63 bits per heavy atom. The molecule has 2 rings (SSSR count). The van der Waals surface area contributed by atoms with E-state index >= 15 is 0 Å². The minimum atomic E-state index is 0.430. The summed E-state index contributed by atoms with van der Waals surface area (Å²) in [5.41, 5.74) is 2.58. The van der Waals surface area contributed by atoms with Crippen LogP contribution < -0.4 is 5.32 Å². The fourth-order valence-electron chi connectivity index (χ4n) is 2.60. The van der Waals surface area contributed by atoms with E-state index < -0.39 is 0 Å². The van der Waals surface area contributed by atoms with Gasteiger partial charge in [-0.15, -0.1) is 0 Å². The van der Waals surface area contributed by atoms with E-state index in [0.717, 1.165) is 32.4 Å². The molecular formula is C16H26N2O. The Balaban J connectivity index is 1.88. The molecule has 0 spiro atoms. The lowest BCUT2D eigenvalue weighted by Gasteiger charge is -2.30. The van der Waals surface area contributed by atoms with Crippen LogP contribution in [0, 0.1) is 0 Å². The monoisotopic (exact) mass is 262 g/mol. The van der Waals surface area contributed by atoms with E-state index in [1.165, 1.54) is 11.3 Å². The van der Waals surface area contributed by atoms with Crippen LogP contribution >= 0.6 is 0 Å². The fraction of sp³-hybridized carbons (Fsp3) is 0.625. The largest absolute Gasteiger partial charge is 0.382 e. The number of hydrogen-bond acceptors (Lipinski definition) is 3. The molecule has 0 saturated carbocycles. The Hall–Kier alpha value is -1.06. The maximum absolute atomic E-state index is 5.71. The number of anilines is 1. The molecule has 1 aliphatic rings. The van der Waals surface area contributed by atoms with Crippen molar-refractivity contribution in [1.29, 1.82) is 0 Å². The molecule has 2 unspecified atom stereocenters. The molecule has 1 N–H and O–H groups in total. The summed E-state index contributed by atoms with van der Waals surface area (Å²) < 4.78 is 5.71. The minimum Gasteiger partial charge on any atom is -0.382 e. The smallest absolute Gasteiger partial charge is 0.0592 e. The molecule has 0 aromatic heterocycles. The van der Waals surface area contributed by atoms with Gasteiger partial charge in [0.15, 0.2) is 0 Å². The number of hydrogen-bond donors (Lipinski definition) is 1. The molecule has 1 aromatic rings. The van der Waals surface area contributed by atoms with Crippen LogP contribution in [0.25, 0.3) is 0 Å². The van der Waals surface area contributed by atoms with Crippen molar-refractivity contribution in [2.45, 2.75) is 44.9 Å². The van der Waals surface area contributed by atoms with E-state index in [9.17, 15) is 0 Å². The van der Waals surface area contributed by atoms with E-state index in [0.29, 0.717) is 12.1 Å². The zero-order valence-corrected chi connectivity index (χ0v) is 12.4. The standard InChI is InChI=1S/C16H26N2O/c1-4-16-11-15(9-10-19-16)17-14-7-5-13(6-8-14)12-18(2)3/h5-8,15-17H,4,9-12H2,1-3H3. The van der Waals surface area contributed by atoms with Crippen molar-refractivity contribution in [2.75, 3.05) is 26.0 Å². The van der Waals surface area contributed by atoms with E-state index in [-0.39, 0.29) is 0 Å². The zero-order valence-electron chi connectivity index (χ0n) is 12.4. The number of ether oxygens (including phenoxy) is 1. The van der Waals surface area contributed by atoms with Crippen molar-refractivity contribution in [3.8, 4) is 0 Å². The fourth-order valence-corrected chi connectivity index (χ4v) is 2.60. The second-order valence-electron chi connectivity index (χ2n) is 5.70. The molecule has 0 radical (unpaired) electrons. The van der Waals surface area contributed by atoms with Gasteiger partial charge >= 0.3 is 0 Å². The maximum atomic E-state index is 5.71. The van der Waals surface area contributed by atoms with E-state index in [1.54, 1.807) is 0 Å². The molecule has 1 saturated heterocycles. The van der Waals surface area contributed by atoms with E-state index in [2.05, 4.69) is 55.5 Å². The molecule has 3 heteroatoms. The maximum Gasteiger partial charge on any atom is 0.0592 e. The van der Waals surface area contributed by atoms with Crippen molar-refractivity contribution in [3.05, 3.63) is 29.8 Å². The molecule has 1 aliphatic heterocycles. The normalized spacial score (nSPS) is 23.6. The Morgan fingerprint density at radius 2 is 2.00 bits per heavy atom. The van der Waals surface area contributed by atoms with Crippen molar-refractivity contribution < 1.29 is 4.74 Å². The van der Waals surface area contributed by atoms with Crippen molar-refractivity contribution in [1.82, 2.24) is 4.90 Å². The van der Waals surface area contributed by atoms with Crippen LogP contribution in [0.1, 0.15) is 31.7 Å². The molecule has 0 amide bonds. The zero-order chi connectivity index (χ0) is 13.7. The van der Waals surface area contributed by atoms with Crippen LogP contribution in [-0.2, 0) is 11.3 Å². The van der Waals surface area contributed by atoms with Crippen LogP contribution in [0.4, 0.5) is 5.69 Å². The molecule has 1 aromatic carbocycles. The van der Waals surface area contributed by atoms with Crippen LogP contribution in [0.5, 0.6) is 0 Å². The second-order valence-corrected chi connectivity index (χ2v) is 5.70. The lowest BCUT2D eigenvalue weighted by molar-refractivity contribution is 0.00926. The van der Waals surface area contributed by atoms with Gasteiger partial charge in [-0.3, -0.25) is 0 Å². The van der Waals surface area contributed by atoms with Crippen molar-refractivity contribution >= 4 is 5.69 Å². The molecular weight excluding hydrogens is 236 g/mol. The first-order valence-electron chi connectivity index (χ1n) is 7.29. The number of rotatable bonds is 5. The molecule has 2 atom stereocenters. The molecule has 106 valence electrons. The first-order chi connectivity index (χ1) is 9.17. The summed E-state index contributed by atoms with van der Waals surface area (Å²) in [6, 6.07) is 9.35. The summed E-state index contributed by atoms with van der Waals surface area (Å²) in [6.45, 7) is 4.08. The summed E-state index contributed by atoms with van der Waals surface area (Å²) in [5, 5.41) is 3.63. The first-order valence-corrected chi connectivity index (χ1v) is 7.29. The highest BCUT2D eigenvalue weighted by Crippen LogP contribution is 2.21. The molecule has 0 bridgehead atoms. The second kappa shape index (κ2) is 6.92. The predicted molar refractivity (Wildman–Crippen MR) is 80.5 cm³/mol. The average Bonchev–Trinajstić information content (AvgIpc) is 2.41. The Labute approximate surface area is 116 Å². The predicted octanol–water partition coefficient (Wildman–Crippen LogP) is 3.12.